The maximum atomic E-state index is 12.8. The number of nitrogens with one attached hydrogen (secondary N) is 1. The van der Waals surface area contributed by atoms with Gasteiger partial charge in [0.05, 0.1) is 17.3 Å². The summed E-state index contributed by atoms with van der Waals surface area (Å²) in [5, 5.41) is 7.87. The molecule has 1 aliphatic carbocycles. The summed E-state index contributed by atoms with van der Waals surface area (Å²) in [6.45, 7) is 2.48. The molecule has 4 rings (SSSR count). The fourth-order valence-electron chi connectivity index (χ4n) is 3.88. The number of para-hydroxylation sites is 1. The van der Waals surface area contributed by atoms with Gasteiger partial charge in [0.15, 0.2) is 0 Å². The molecular weight excluding hydrogens is 304 g/mol. The third-order valence-corrected chi connectivity index (χ3v) is 5.29. The lowest BCUT2D eigenvalue weighted by molar-refractivity contribution is -0.136. The zero-order chi connectivity index (χ0) is 16.5. The van der Waals surface area contributed by atoms with Crippen LogP contribution in [-0.2, 0) is 4.79 Å². The number of nitrogens with zero attached hydrogens (tertiary/aromatic N) is 3. The smallest absolute Gasteiger partial charge is 0.256 e. The zero-order valence-corrected chi connectivity index (χ0v) is 13.7. The molecule has 0 radical (unpaired) electrons. The second-order valence-electron chi connectivity index (χ2n) is 6.74. The molecule has 6 heteroatoms. The molecule has 2 aliphatic rings. The van der Waals surface area contributed by atoms with Crippen LogP contribution in [0.25, 0.3) is 10.9 Å². The largest absolute Gasteiger partial charge is 0.339 e. The van der Waals surface area contributed by atoms with Crippen molar-refractivity contribution in [3.8, 4) is 0 Å². The Labute approximate surface area is 140 Å². The second-order valence-corrected chi connectivity index (χ2v) is 6.74. The molecule has 126 valence electrons. The number of H-pyrrole nitrogens is 1. The predicted molar refractivity (Wildman–Crippen MR) is 90.5 cm³/mol. The lowest BCUT2D eigenvalue weighted by Crippen LogP contribution is -2.51. The summed E-state index contributed by atoms with van der Waals surface area (Å²) < 4.78 is 0. The number of benzene rings is 1. The average Bonchev–Trinajstić information content (AvgIpc) is 3.31. The second kappa shape index (κ2) is 6.26. The van der Waals surface area contributed by atoms with Crippen LogP contribution in [0.2, 0.25) is 0 Å². The molecule has 2 fully saturated rings. The van der Waals surface area contributed by atoms with E-state index in [0.717, 1.165) is 23.7 Å². The van der Waals surface area contributed by atoms with Crippen molar-refractivity contribution in [2.45, 2.75) is 25.7 Å². The number of hydrogen-bond acceptors (Lipinski definition) is 3. The first kappa shape index (κ1) is 15.2. The van der Waals surface area contributed by atoms with Crippen molar-refractivity contribution in [2.24, 2.45) is 5.92 Å². The van der Waals surface area contributed by atoms with Crippen molar-refractivity contribution in [1.82, 2.24) is 20.0 Å². The van der Waals surface area contributed by atoms with Crippen LogP contribution < -0.4 is 0 Å². The summed E-state index contributed by atoms with van der Waals surface area (Å²) in [6.07, 6.45) is 6.12. The Morgan fingerprint density at radius 3 is 2.50 bits per heavy atom. The van der Waals surface area contributed by atoms with Crippen LogP contribution in [-0.4, -0.2) is 58.0 Å². The SMILES string of the molecule is O=C(c1cccc2cn[nH]c12)N1CCN(C(=O)C2CCCC2)CC1. The van der Waals surface area contributed by atoms with Gasteiger partial charge in [0, 0.05) is 37.5 Å². The van der Waals surface area contributed by atoms with Gasteiger partial charge in [0.1, 0.15) is 0 Å². The van der Waals surface area contributed by atoms with Crippen molar-refractivity contribution in [1.29, 1.82) is 0 Å². The fourth-order valence-corrected chi connectivity index (χ4v) is 3.88. The van der Waals surface area contributed by atoms with Gasteiger partial charge >= 0.3 is 0 Å². The summed E-state index contributed by atoms with van der Waals surface area (Å²) in [5.74, 6) is 0.513. The van der Waals surface area contributed by atoms with E-state index < -0.39 is 0 Å². The van der Waals surface area contributed by atoms with Gasteiger partial charge in [-0.05, 0) is 18.9 Å². The quantitative estimate of drug-likeness (QED) is 0.918. The lowest BCUT2D eigenvalue weighted by Gasteiger charge is -2.36. The van der Waals surface area contributed by atoms with Crippen LogP contribution in [0.5, 0.6) is 0 Å². The molecule has 1 aromatic heterocycles. The van der Waals surface area contributed by atoms with Crippen LogP contribution in [0.1, 0.15) is 36.0 Å². The van der Waals surface area contributed by atoms with Crippen molar-refractivity contribution >= 4 is 22.7 Å². The van der Waals surface area contributed by atoms with Gasteiger partial charge in [0.25, 0.3) is 5.91 Å². The van der Waals surface area contributed by atoms with Crippen molar-refractivity contribution in [3.63, 3.8) is 0 Å². The summed E-state index contributed by atoms with van der Waals surface area (Å²) in [7, 11) is 0. The number of amides is 2. The van der Waals surface area contributed by atoms with E-state index in [2.05, 4.69) is 10.2 Å². The van der Waals surface area contributed by atoms with Crippen LogP contribution in [0.4, 0.5) is 0 Å². The van der Waals surface area contributed by atoms with Gasteiger partial charge in [-0.1, -0.05) is 25.0 Å². The van der Waals surface area contributed by atoms with E-state index >= 15 is 0 Å². The minimum Gasteiger partial charge on any atom is -0.339 e. The molecule has 0 bridgehead atoms. The first-order valence-corrected chi connectivity index (χ1v) is 8.74. The van der Waals surface area contributed by atoms with E-state index in [4.69, 9.17) is 0 Å². The van der Waals surface area contributed by atoms with Crippen LogP contribution in [0.3, 0.4) is 0 Å². The predicted octanol–water partition coefficient (Wildman–Crippen LogP) is 2.04. The number of aromatic amines is 1. The number of fused-ring (bicyclic) bond motifs is 1. The Balaban J connectivity index is 1.43. The number of rotatable bonds is 2. The minimum absolute atomic E-state index is 0.0119. The lowest BCUT2D eigenvalue weighted by atomic mass is 10.1. The zero-order valence-electron chi connectivity index (χ0n) is 13.7. The molecule has 1 saturated heterocycles. The Hall–Kier alpha value is -2.37. The van der Waals surface area contributed by atoms with Crippen LogP contribution in [0, 0.1) is 5.92 Å². The number of aromatic nitrogens is 2. The van der Waals surface area contributed by atoms with Crippen LogP contribution >= 0.6 is 0 Å². The summed E-state index contributed by atoms with van der Waals surface area (Å²) in [5.41, 5.74) is 1.44. The molecule has 1 N–H and O–H groups in total. The van der Waals surface area contributed by atoms with Gasteiger partial charge in [-0.15, -0.1) is 0 Å². The van der Waals surface area contributed by atoms with E-state index in [0.29, 0.717) is 31.7 Å². The number of carbonyl (C=O) groups is 2. The maximum absolute atomic E-state index is 12.8. The minimum atomic E-state index is 0.0119. The molecule has 1 saturated carbocycles. The van der Waals surface area contributed by atoms with Gasteiger partial charge in [-0.3, -0.25) is 14.7 Å². The topological polar surface area (TPSA) is 69.3 Å². The molecule has 6 nitrogen and oxygen atoms in total. The monoisotopic (exact) mass is 326 g/mol. The van der Waals surface area contributed by atoms with Crippen LogP contribution in [0.15, 0.2) is 24.4 Å². The molecule has 1 aromatic carbocycles. The molecule has 2 amide bonds. The highest BCUT2D eigenvalue weighted by Gasteiger charge is 2.31. The van der Waals surface area contributed by atoms with E-state index in [1.54, 1.807) is 6.20 Å². The maximum Gasteiger partial charge on any atom is 0.256 e. The number of hydrogen-bond donors (Lipinski definition) is 1. The summed E-state index contributed by atoms with van der Waals surface area (Å²) in [4.78, 5) is 29.1. The summed E-state index contributed by atoms with van der Waals surface area (Å²) in [6, 6.07) is 5.65. The molecule has 0 spiro atoms. The number of carbonyl (C=O) groups excluding carboxylic acids is 2. The highest BCUT2D eigenvalue weighted by molar-refractivity contribution is 6.05. The van der Waals surface area contributed by atoms with Gasteiger partial charge in [0.2, 0.25) is 5.91 Å². The fraction of sp³-hybridized carbons (Fsp3) is 0.500. The van der Waals surface area contributed by atoms with E-state index in [-0.39, 0.29) is 17.7 Å². The third-order valence-electron chi connectivity index (χ3n) is 5.29. The Bertz CT molecular complexity index is 755. The highest BCUT2D eigenvalue weighted by atomic mass is 16.2. The average molecular weight is 326 g/mol. The molecule has 1 aliphatic heterocycles. The Morgan fingerprint density at radius 2 is 1.75 bits per heavy atom. The molecule has 2 heterocycles. The van der Waals surface area contributed by atoms with Gasteiger partial charge in [-0.2, -0.15) is 5.10 Å². The van der Waals surface area contributed by atoms with E-state index in [1.807, 2.05) is 28.0 Å². The molecule has 2 aromatic rings. The molecule has 24 heavy (non-hydrogen) atoms. The van der Waals surface area contributed by atoms with Crippen molar-refractivity contribution < 1.29 is 9.59 Å². The highest BCUT2D eigenvalue weighted by Crippen LogP contribution is 2.27. The van der Waals surface area contributed by atoms with E-state index in [1.165, 1.54) is 12.8 Å². The Kier molecular flexibility index (Phi) is 3.96. The van der Waals surface area contributed by atoms with Gasteiger partial charge in [-0.25, -0.2) is 0 Å². The standard InChI is InChI=1S/C18H22N4O2/c23-17(13-4-1-2-5-13)21-8-10-22(11-9-21)18(24)15-7-3-6-14-12-19-20-16(14)15/h3,6-7,12-13H,1-2,4-5,8-11H2,(H,19,20). The van der Waals surface area contributed by atoms with Crippen molar-refractivity contribution in [3.05, 3.63) is 30.0 Å². The molecule has 0 atom stereocenters. The Morgan fingerprint density at radius 1 is 1.04 bits per heavy atom. The first-order chi connectivity index (χ1) is 11.7. The van der Waals surface area contributed by atoms with Gasteiger partial charge < -0.3 is 9.80 Å². The first-order valence-electron chi connectivity index (χ1n) is 8.74. The summed E-state index contributed by atoms with van der Waals surface area (Å²) >= 11 is 0. The molecular formula is C18H22N4O2. The normalized spacial score (nSPS) is 19.2. The third kappa shape index (κ3) is 2.66. The molecule has 0 unspecified atom stereocenters. The van der Waals surface area contributed by atoms with E-state index in [9.17, 15) is 9.59 Å². The number of piperazine rings is 1. The van der Waals surface area contributed by atoms with Crippen molar-refractivity contribution in [2.75, 3.05) is 26.2 Å².